The Morgan fingerprint density at radius 3 is 2.29 bits per heavy atom. The van der Waals surface area contributed by atoms with Crippen molar-refractivity contribution in [2.45, 2.75) is 33.2 Å². The fraction of sp³-hybridized carbons (Fsp3) is 0.833. The highest BCUT2D eigenvalue weighted by atomic mass is 16.4. The van der Waals surface area contributed by atoms with Crippen molar-refractivity contribution in [2.75, 3.05) is 13.1 Å². The Bertz CT molecular complexity index is 298. The zero-order valence-corrected chi connectivity index (χ0v) is 10.7. The molecule has 1 fully saturated rings. The van der Waals surface area contributed by atoms with Crippen LogP contribution in [0, 0.1) is 17.8 Å². The molecule has 0 bridgehead atoms. The van der Waals surface area contributed by atoms with Crippen LogP contribution in [0.3, 0.4) is 0 Å². The molecule has 3 N–H and O–H groups in total. The fourth-order valence-corrected chi connectivity index (χ4v) is 2.05. The number of hydrogen-bond acceptors (Lipinski definition) is 3. The van der Waals surface area contributed by atoms with Crippen molar-refractivity contribution in [2.24, 2.45) is 23.5 Å². The second kappa shape index (κ2) is 5.49. The summed E-state index contributed by atoms with van der Waals surface area (Å²) in [6.45, 7) is 6.79. The van der Waals surface area contributed by atoms with Gasteiger partial charge in [-0.2, -0.15) is 0 Å². The van der Waals surface area contributed by atoms with Crippen molar-refractivity contribution >= 4 is 11.9 Å². The van der Waals surface area contributed by atoms with Crippen molar-refractivity contribution in [3.05, 3.63) is 0 Å². The molecule has 0 aromatic heterocycles. The molecule has 5 heteroatoms. The zero-order valence-electron chi connectivity index (χ0n) is 10.7. The smallest absolute Gasteiger partial charge is 0.306 e. The Morgan fingerprint density at radius 2 is 1.88 bits per heavy atom. The van der Waals surface area contributed by atoms with Gasteiger partial charge in [0.05, 0.1) is 12.0 Å². The Hall–Kier alpha value is -1.10. The molecule has 1 aliphatic heterocycles. The number of amides is 1. The van der Waals surface area contributed by atoms with E-state index >= 15 is 0 Å². The van der Waals surface area contributed by atoms with E-state index in [2.05, 4.69) is 0 Å². The second-order valence-electron chi connectivity index (χ2n) is 5.37. The Kier molecular flexibility index (Phi) is 4.51. The summed E-state index contributed by atoms with van der Waals surface area (Å²) in [5.74, 6) is -0.770. The van der Waals surface area contributed by atoms with Gasteiger partial charge >= 0.3 is 5.97 Å². The van der Waals surface area contributed by atoms with E-state index in [1.54, 1.807) is 11.8 Å². The van der Waals surface area contributed by atoms with Crippen LogP contribution in [-0.4, -0.2) is 41.0 Å². The van der Waals surface area contributed by atoms with Gasteiger partial charge in [-0.3, -0.25) is 9.59 Å². The van der Waals surface area contributed by atoms with E-state index in [4.69, 9.17) is 10.8 Å². The van der Waals surface area contributed by atoms with Crippen LogP contribution in [0.2, 0.25) is 0 Å². The largest absolute Gasteiger partial charge is 0.481 e. The average molecular weight is 242 g/mol. The van der Waals surface area contributed by atoms with Gasteiger partial charge in [0.1, 0.15) is 0 Å². The number of likely N-dealkylation sites (tertiary alicyclic amines) is 1. The maximum Gasteiger partial charge on any atom is 0.306 e. The number of carboxylic acid groups (broad SMARTS) is 1. The van der Waals surface area contributed by atoms with Gasteiger partial charge in [0, 0.05) is 19.0 Å². The summed E-state index contributed by atoms with van der Waals surface area (Å²) < 4.78 is 0. The number of carboxylic acids is 1. The second-order valence-corrected chi connectivity index (χ2v) is 5.37. The molecule has 1 rings (SSSR count). The molecule has 0 aliphatic carbocycles. The zero-order chi connectivity index (χ0) is 13.2. The number of rotatable bonds is 5. The molecule has 2 atom stereocenters. The number of aliphatic carboxylic acids is 1. The molecule has 0 radical (unpaired) electrons. The Balaban J connectivity index is 2.37. The molecule has 1 heterocycles. The molecule has 17 heavy (non-hydrogen) atoms. The van der Waals surface area contributed by atoms with E-state index in [1.807, 2.05) is 13.8 Å². The standard InChI is InChI=1S/C12H22N2O3/c1-7(2)4-10(13)11(15)14-5-9(6-14)8(3)12(16)17/h7-10H,4-6,13H2,1-3H3,(H,16,17). The lowest BCUT2D eigenvalue weighted by Crippen LogP contribution is -2.57. The maximum atomic E-state index is 11.9. The molecule has 0 aromatic carbocycles. The van der Waals surface area contributed by atoms with Crippen molar-refractivity contribution in [1.29, 1.82) is 0 Å². The Morgan fingerprint density at radius 1 is 1.35 bits per heavy atom. The fourth-order valence-electron chi connectivity index (χ4n) is 2.05. The van der Waals surface area contributed by atoms with E-state index < -0.39 is 12.0 Å². The van der Waals surface area contributed by atoms with E-state index in [9.17, 15) is 9.59 Å². The molecular weight excluding hydrogens is 220 g/mol. The van der Waals surface area contributed by atoms with Gasteiger partial charge in [-0.25, -0.2) is 0 Å². The normalized spacial score (nSPS) is 19.9. The molecular formula is C12H22N2O3. The van der Waals surface area contributed by atoms with Gasteiger partial charge in [-0.05, 0) is 12.3 Å². The first kappa shape index (κ1) is 14.0. The van der Waals surface area contributed by atoms with Gasteiger partial charge in [0.25, 0.3) is 0 Å². The number of nitrogens with zero attached hydrogens (tertiary/aromatic N) is 1. The van der Waals surface area contributed by atoms with E-state index in [-0.39, 0.29) is 17.7 Å². The van der Waals surface area contributed by atoms with Gasteiger partial charge in [0.2, 0.25) is 5.91 Å². The topological polar surface area (TPSA) is 83.6 Å². The SMILES string of the molecule is CC(C)CC(N)C(=O)N1CC(C(C)C(=O)O)C1. The van der Waals surface area contributed by atoms with E-state index in [0.717, 1.165) is 0 Å². The summed E-state index contributed by atoms with van der Waals surface area (Å²) in [5, 5.41) is 8.84. The van der Waals surface area contributed by atoms with Crippen LogP contribution in [-0.2, 0) is 9.59 Å². The lowest BCUT2D eigenvalue weighted by Gasteiger charge is -2.42. The minimum atomic E-state index is -0.798. The average Bonchev–Trinajstić information content (AvgIpc) is 2.13. The third-order valence-electron chi connectivity index (χ3n) is 3.36. The molecule has 1 amide bonds. The molecule has 0 saturated carbocycles. The number of carbonyl (C=O) groups excluding carboxylic acids is 1. The number of carbonyl (C=O) groups is 2. The number of hydrogen-bond donors (Lipinski definition) is 2. The van der Waals surface area contributed by atoms with E-state index in [0.29, 0.717) is 25.4 Å². The van der Waals surface area contributed by atoms with Crippen LogP contribution in [0.1, 0.15) is 27.2 Å². The quantitative estimate of drug-likeness (QED) is 0.737. The van der Waals surface area contributed by atoms with Crippen LogP contribution in [0.25, 0.3) is 0 Å². The third kappa shape index (κ3) is 3.43. The molecule has 1 aliphatic rings. The molecule has 0 aromatic rings. The van der Waals surface area contributed by atoms with Crippen molar-refractivity contribution in [3.8, 4) is 0 Å². The molecule has 98 valence electrons. The van der Waals surface area contributed by atoms with Crippen LogP contribution >= 0.6 is 0 Å². The minimum absolute atomic E-state index is 0.0486. The predicted molar refractivity (Wildman–Crippen MR) is 64.3 cm³/mol. The Labute approximate surface area is 102 Å². The van der Waals surface area contributed by atoms with Crippen LogP contribution < -0.4 is 5.73 Å². The molecule has 2 unspecified atom stereocenters. The summed E-state index contributed by atoms with van der Waals surface area (Å²) in [5.41, 5.74) is 5.80. The molecule has 0 spiro atoms. The summed E-state index contributed by atoms with van der Waals surface area (Å²) in [6.07, 6.45) is 0.675. The van der Waals surface area contributed by atoms with Crippen LogP contribution in [0.5, 0.6) is 0 Å². The van der Waals surface area contributed by atoms with Crippen molar-refractivity contribution in [3.63, 3.8) is 0 Å². The first-order valence-electron chi connectivity index (χ1n) is 6.10. The first-order chi connectivity index (χ1) is 7.82. The summed E-state index contributed by atoms with van der Waals surface area (Å²) >= 11 is 0. The maximum absolute atomic E-state index is 11.9. The van der Waals surface area contributed by atoms with E-state index in [1.165, 1.54) is 0 Å². The monoisotopic (exact) mass is 242 g/mol. The molecule has 1 saturated heterocycles. The number of nitrogens with two attached hydrogens (primary N) is 1. The van der Waals surface area contributed by atoms with Crippen molar-refractivity contribution < 1.29 is 14.7 Å². The van der Waals surface area contributed by atoms with Gasteiger partial charge < -0.3 is 15.7 Å². The minimum Gasteiger partial charge on any atom is -0.481 e. The van der Waals surface area contributed by atoms with Crippen molar-refractivity contribution in [1.82, 2.24) is 4.90 Å². The summed E-state index contributed by atoms with van der Waals surface area (Å²) in [6, 6.07) is -0.448. The van der Waals surface area contributed by atoms with Crippen LogP contribution in [0.4, 0.5) is 0 Å². The van der Waals surface area contributed by atoms with Crippen LogP contribution in [0.15, 0.2) is 0 Å². The van der Waals surface area contributed by atoms with Gasteiger partial charge in [0.15, 0.2) is 0 Å². The van der Waals surface area contributed by atoms with Gasteiger partial charge in [-0.1, -0.05) is 20.8 Å². The predicted octanol–water partition coefficient (Wildman–Crippen LogP) is 0.539. The lowest BCUT2D eigenvalue weighted by atomic mass is 9.86. The van der Waals surface area contributed by atoms with Gasteiger partial charge in [-0.15, -0.1) is 0 Å². The highest BCUT2D eigenvalue weighted by Gasteiger charge is 2.38. The summed E-state index contributed by atoms with van der Waals surface area (Å²) in [4.78, 5) is 24.3. The first-order valence-corrected chi connectivity index (χ1v) is 6.10. The summed E-state index contributed by atoms with van der Waals surface area (Å²) in [7, 11) is 0. The molecule has 5 nitrogen and oxygen atoms in total. The third-order valence-corrected chi connectivity index (χ3v) is 3.36. The highest BCUT2D eigenvalue weighted by Crippen LogP contribution is 2.25. The lowest BCUT2D eigenvalue weighted by molar-refractivity contribution is -0.151. The highest BCUT2D eigenvalue weighted by molar-refractivity contribution is 5.82.